The highest BCUT2D eigenvalue weighted by Crippen LogP contribution is 2.52. The number of aliphatic hydroxyl groups excluding tert-OH is 1. The molecule has 0 amide bonds. The van der Waals surface area contributed by atoms with Crippen LogP contribution in [-0.4, -0.2) is 149 Å². The number of carbonyl (C=O) groups is 2. The molecule has 5 aliphatic heterocycles. The molecule has 21 unspecified atom stereocenters. The Balaban J connectivity index is 1.13. The Morgan fingerprint density at radius 3 is 1.79 bits per heavy atom. The molecular formula is C64H121N5O10P+. The number of nitrogens with one attached hydrogen (secondary N) is 4. The van der Waals surface area contributed by atoms with E-state index in [1.54, 1.807) is 0 Å². The van der Waals surface area contributed by atoms with Gasteiger partial charge in [0.15, 0.2) is 6.10 Å². The van der Waals surface area contributed by atoms with Crippen LogP contribution in [0.3, 0.4) is 0 Å². The van der Waals surface area contributed by atoms with E-state index in [1.807, 2.05) is 21.1 Å². The lowest BCUT2D eigenvalue weighted by atomic mass is 9.76. The fourth-order valence-corrected chi connectivity index (χ4v) is 17.1. The van der Waals surface area contributed by atoms with Crippen molar-refractivity contribution < 1.29 is 51.5 Å². The van der Waals surface area contributed by atoms with Gasteiger partial charge in [-0.2, -0.15) is 0 Å². The molecule has 466 valence electrons. The molecule has 1 saturated carbocycles. The summed E-state index contributed by atoms with van der Waals surface area (Å²) in [6.45, 7) is 19.9. The quantitative estimate of drug-likeness (QED) is 0.0173. The Labute approximate surface area is 487 Å². The molecule has 0 aromatic heterocycles. The van der Waals surface area contributed by atoms with E-state index in [0.29, 0.717) is 77.2 Å². The lowest BCUT2D eigenvalue weighted by Crippen LogP contribution is -2.49. The van der Waals surface area contributed by atoms with Crippen LogP contribution in [0.1, 0.15) is 216 Å². The van der Waals surface area contributed by atoms with Crippen molar-refractivity contribution in [2.24, 2.45) is 53.3 Å². The largest absolute Gasteiger partial charge is 0.474 e. The molecule has 0 aromatic rings. The predicted molar refractivity (Wildman–Crippen MR) is 321 cm³/mol. The normalized spacial score (nSPS) is 35.6. The lowest BCUT2D eigenvalue weighted by molar-refractivity contribution is -0.870. The highest BCUT2D eigenvalue weighted by molar-refractivity contribution is 7.48. The molecule has 80 heavy (non-hydrogen) atoms. The Morgan fingerprint density at radius 1 is 0.600 bits per heavy atom. The first-order valence-electron chi connectivity index (χ1n) is 33.3. The lowest BCUT2D eigenvalue weighted by Gasteiger charge is -2.32. The third-order valence-electron chi connectivity index (χ3n) is 21.0. The number of aliphatic hydroxyl groups is 1. The highest BCUT2D eigenvalue weighted by Gasteiger charge is 2.59. The van der Waals surface area contributed by atoms with Crippen molar-refractivity contribution in [1.82, 2.24) is 21.3 Å². The van der Waals surface area contributed by atoms with Crippen LogP contribution in [0.5, 0.6) is 0 Å². The molecule has 6 rings (SSSR count). The van der Waals surface area contributed by atoms with Gasteiger partial charge in [0.1, 0.15) is 19.8 Å². The number of quaternary nitrogens is 1. The molecular weight excluding hydrogens is 1030 g/mol. The smallest absolute Gasteiger partial charge is 0.462 e. The Hall–Kier alpha value is -1.23. The molecule has 21 atom stereocenters. The van der Waals surface area contributed by atoms with Crippen molar-refractivity contribution in [3.63, 3.8) is 0 Å². The number of carbonyl (C=O) groups excluding carboxylic acids is 2. The summed E-state index contributed by atoms with van der Waals surface area (Å²) in [5.41, 5.74) is 0. The number of phosphoric acid groups is 1. The van der Waals surface area contributed by atoms with Crippen LogP contribution < -0.4 is 21.3 Å². The van der Waals surface area contributed by atoms with E-state index in [0.717, 1.165) is 64.4 Å². The molecule has 8 bridgehead atoms. The number of ether oxygens (including phenoxy) is 3. The second-order valence-corrected chi connectivity index (χ2v) is 29.4. The fraction of sp³-hybridized carbons (Fsp3) is 0.969. The number of likely N-dealkylation sites (N-methyl/N-ethyl adjacent to an activating group) is 1. The molecule has 6 fully saturated rings. The summed E-state index contributed by atoms with van der Waals surface area (Å²) in [7, 11) is 3.31. The van der Waals surface area contributed by atoms with Gasteiger partial charge in [0.2, 0.25) is 0 Å². The van der Waals surface area contributed by atoms with Gasteiger partial charge in [0, 0.05) is 86.7 Å². The van der Waals surface area contributed by atoms with E-state index in [4.69, 9.17) is 27.8 Å². The Kier molecular flexibility index (Phi) is 28.5. The number of esters is 2. The number of nitrogens with zero attached hydrogens (tertiary/aromatic N) is 1. The number of fused-ring (bicyclic) bond motifs is 8. The van der Waals surface area contributed by atoms with Gasteiger partial charge >= 0.3 is 19.8 Å². The molecule has 5 heterocycles. The molecule has 1 aliphatic carbocycles. The number of rotatable bonds is 36. The first-order chi connectivity index (χ1) is 38.3. The van der Waals surface area contributed by atoms with Crippen molar-refractivity contribution in [2.45, 2.75) is 283 Å². The molecule has 15 nitrogen and oxygen atoms in total. The molecule has 0 aromatic carbocycles. The van der Waals surface area contributed by atoms with Gasteiger partial charge in [0.25, 0.3) is 0 Å². The Bertz CT molecular complexity index is 1850. The summed E-state index contributed by atoms with van der Waals surface area (Å²) < 4.78 is 49.7. The fourth-order valence-electron chi connectivity index (χ4n) is 16.1. The maximum absolute atomic E-state index is 14.3. The predicted octanol–water partition coefficient (Wildman–Crippen LogP) is 11.5. The molecule has 6 aliphatic rings. The van der Waals surface area contributed by atoms with Crippen LogP contribution >= 0.6 is 7.82 Å². The molecule has 16 heteroatoms. The number of phosphoric ester groups is 1. The average molecular weight is 1150 g/mol. The standard InChI is InChI=1S/C64H121N5O10P/c1-13-16-18-20-21-22-23-24-25-26-27-28-29-31-59(71)76-41-48(42-78-80(73,74-12)77-36-34-69(9,10)11)79-60(72)33-32-50-44(5)53-38-54-45(6)61(47(8)75-35-30-19-17-14-2)57(66-54)40-52-43(4)49(15-3)56(65-52)39-55-46(7)62-58(70)37-51(63(50)67-53)64(62)68-55/h43-58,61-68,70H,13-42H2,1-12H3/q+1. The van der Waals surface area contributed by atoms with Gasteiger partial charge < -0.3 is 45.1 Å². The van der Waals surface area contributed by atoms with Crippen LogP contribution in [0.2, 0.25) is 0 Å². The van der Waals surface area contributed by atoms with Gasteiger partial charge in [-0.1, -0.05) is 151 Å². The minimum atomic E-state index is -4.01. The highest BCUT2D eigenvalue weighted by atomic mass is 31.2. The van der Waals surface area contributed by atoms with Crippen molar-refractivity contribution in [3.05, 3.63) is 0 Å². The monoisotopic (exact) mass is 1150 g/mol. The molecule has 5 saturated heterocycles. The maximum Gasteiger partial charge on any atom is 0.474 e. The second kappa shape index (κ2) is 33.6. The van der Waals surface area contributed by atoms with E-state index in [1.165, 1.54) is 90.6 Å². The summed E-state index contributed by atoms with van der Waals surface area (Å²) in [5, 5.41) is 29.0. The zero-order valence-corrected chi connectivity index (χ0v) is 53.7. The molecule has 0 radical (unpaired) electrons. The summed E-state index contributed by atoms with van der Waals surface area (Å²) in [6.07, 6.45) is 25.4. The summed E-state index contributed by atoms with van der Waals surface area (Å²) >= 11 is 0. The average Bonchev–Trinajstić information content (AvgIpc) is 4.40. The first-order valence-corrected chi connectivity index (χ1v) is 34.7. The SMILES string of the molecule is CCCCCCCCCCCCCCCC(=O)OCC(COP(=O)(OC)OCC[N+](C)(C)C)OC(=O)CCC1C(C)C2CC3NC(CC4NC(CC5NC6C(CC(O)C6C5C)C1N2)C(CC)C4C)C(C(C)OCCCCCC)C3C. The first kappa shape index (κ1) is 67.9. The third-order valence-corrected chi connectivity index (χ3v) is 22.4. The van der Waals surface area contributed by atoms with Crippen molar-refractivity contribution in [2.75, 3.05) is 61.2 Å². The molecule has 0 spiro atoms. The van der Waals surface area contributed by atoms with Crippen LogP contribution in [0.4, 0.5) is 0 Å². The van der Waals surface area contributed by atoms with Crippen LogP contribution in [0, 0.1) is 53.3 Å². The van der Waals surface area contributed by atoms with E-state index < -0.39 is 26.0 Å². The Morgan fingerprint density at radius 2 is 1.15 bits per heavy atom. The summed E-state index contributed by atoms with van der Waals surface area (Å²) in [4.78, 5) is 27.4. The van der Waals surface area contributed by atoms with Gasteiger partial charge in [0.05, 0.1) is 40.0 Å². The maximum atomic E-state index is 14.3. The van der Waals surface area contributed by atoms with Crippen LogP contribution in [0.25, 0.3) is 0 Å². The van der Waals surface area contributed by atoms with E-state index in [9.17, 15) is 19.3 Å². The van der Waals surface area contributed by atoms with Crippen LogP contribution in [-0.2, 0) is 41.9 Å². The zero-order chi connectivity index (χ0) is 58.0. The van der Waals surface area contributed by atoms with E-state index >= 15 is 0 Å². The summed E-state index contributed by atoms with van der Waals surface area (Å²) in [6, 6.07) is 2.25. The van der Waals surface area contributed by atoms with Gasteiger partial charge in [-0.3, -0.25) is 23.2 Å². The van der Waals surface area contributed by atoms with E-state index in [-0.39, 0.29) is 86.5 Å². The molecule has 5 N–H and O–H groups in total. The van der Waals surface area contributed by atoms with Gasteiger partial charge in [-0.25, -0.2) is 4.57 Å². The van der Waals surface area contributed by atoms with Crippen LogP contribution in [0.15, 0.2) is 0 Å². The van der Waals surface area contributed by atoms with Gasteiger partial charge in [-0.15, -0.1) is 0 Å². The minimum Gasteiger partial charge on any atom is -0.462 e. The topological polar surface area (TPSA) is 175 Å². The number of hydrogen-bond donors (Lipinski definition) is 5. The number of unbranched alkanes of at least 4 members (excludes halogenated alkanes) is 15. The minimum absolute atomic E-state index is 0.0894. The van der Waals surface area contributed by atoms with Crippen molar-refractivity contribution in [1.29, 1.82) is 0 Å². The van der Waals surface area contributed by atoms with Crippen molar-refractivity contribution in [3.8, 4) is 0 Å². The second-order valence-electron chi connectivity index (χ2n) is 27.6. The third kappa shape index (κ3) is 19.6. The summed E-state index contributed by atoms with van der Waals surface area (Å²) in [5.74, 6) is 2.29. The van der Waals surface area contributed by atoms with Gasteiger partial charge in [-0.05, 0) is 93.3 Å². The number of hydrogen-bond acceptors (Lipinski definition) is 14. The van der Waals surface area contributed by atoms with Crippen molar-refractivity contribution >= 4 is 19.8 Å². The van der Waals surface area contributed by atoms with E-state index in [2.05, 4.69) is 76.7 Å². The zero-order valence-electron chi connectivity index (χ0n) is 52.8.